The molecule has 8 bridgehead atoms. The van der Waals surface area contributed by atoms with Crippen molar-refractivity contribution < 1.29 is 34.8 Å². The maximum Gasteiger partial charge on any atom is 2.00 e. The summed E-state index contributed by atoms with van der Waals surface area (Å²) < 4.78 is 43.7. The van der Waals surface area contributed by atoms with E-state index in [-0.39, 0.29) is 33.1 Å². The van der Waals surface area contributed by atoms with E-state index >= 15 is 0 Å². The van der Waals surface area contributed by atoms with Crippen LogP contribution in [0.2, 0.25) is 0 Å². The fourth-order valence-electron chi connectivity index (χ4n) is 7.47. The summed E-state index contributed by atoms with van der Waals surface area (Å²) in [6.07, 6.45) is -2.51. The van der Waals surface area contributed by atoms with Gasteiger partial charge in [-0.3, -0.25) is 0 Å². The Morgan fingerprint density at radius 2 is 0.872 bits per heavy atom. The van der Waals surface area contributed by atoms with Crippen molar-refractivity contribution in [3.05, 3.63) is 68.8 Å². The number of rotatable bonds is 9. The van der Waals surface area contributed by atoms with E-state index < -0.39 is 12.3 Å². The third kappa shape index (κ3) is 6.26. The van der Waals surface area contributed by atoms with Crippen LogP contribution in [-0.4, -0.2) is 21.3 Å². The van der Waals surface area contributed by atoms with Gasteiger partial charge in [-0.25, -0.2) is 9.97 Å². The van der Waals surface area contributed by atoms with E-state index in [0.717, 1.165) is 81.9 Å². The third-order valence-electron chi connectivity index (χ3n) is 9.57. The molecule has 9 heteroatoms. The molecule has 5 heterocycles. The molecule has 0 aliphatic carbocycles. The van der Waals surface area contributed by atoms with E-state index in [2.05, 4.69) is 33.8 Å². The first kappa shape index (κ1) is 36.7. The minimum absolute atomic E-state index is 0. The van der Waals surface area contributed by atoms with Crippen LogP contribution in [0.25, 0.3) is 44.4 Å². The fraction of sp³-hybridized carbons (Fsp3) is 0.474. The normalized spacial score (nSPS) is 14.2. The molecule has 0 spiro atoms. The van der Waals surface area contributed by atoms with Gasteiger partial charge in [0.05, 0.1) is 22.8 Å². The average molecular weight is 689 g/mol. The van der Waals surface area contributed by atoms with Crippen LogP contribution in [0.5, 0.6) is 0 Å². The molecular weight excluding hydrogens is 644 g/mol. The molecule has 2 aliphatic heterocycles. The molecule has 0 saturated carbocycles. The third-order valence-corrected chi connectivity index (χ3v) is 9.57. The fourth-order valence-corrected chi connectivity index (χ4v) is 7.47. The van der Waals surface area contributed by atoms with Gasteiger partial charge in [0.1, 0.15) is 0 Å². The standard InChI is InChI=1S/C38H45F3N4O.Ni/c1-9-20-22(11-3)30-18-32-24(13-5)26(15-7)35(44-32)34(37(46)38(39,40)41)36-27(16-8)25(14-6)33(45-36)19-31-23(12-4)21(10-2)29(43-31)17-28(20)42-30;/h17-19,37,46H,9-16H2,1-8H3;/q-2;+2. The number of aliphatic hydroxyl groups is 1. The van der Waals surface area contributed by atoms with Crippen molar-refractivity contribution in [2.24, 2.45) is 0 Å². The Kier molecular flexibility index (Phi) is 11.3. The van der Waals surface area contributed by atoms with E-state index in [4.69, 9.17) is 19.9 Å². The minimum atomic E-state index is -4.91. The second-order valence-corrected chi connectivity index (χ2v) is 11.9. The number of hydrogen-bond acceptors (Lipinski definition) is 3. The molecule has 1 N–H and O–H groups in total. The molecule has 3 aromatic heterocycles. The average Bonchev–Trinajstić information content (AvgIpc) is 3.75. The molecule has 5 rings (SSSR count). The maximum atomic E-state index is 14.6. The van der Waals surface area contributed by atoms with E-state index in [1.165, 1.54) is 0 Å². The molecule has 5 nitrogen and oxygen atoms in total. The van der Waals surface area contributed by atoms with Gasteiger partial charge >= 0.3 is 22.7 Å². The predicted octanol–water partition coefficient (Wildman–Crippen LogP) is 9.88. The quantitative estimate of drug-likeness (QED) is 0.227. The number of aryl methyl sites for hydroxylation is 4. The summed E-state index contributed by atoms with van der Waals surface area (Å²) in [6.45, 7) is 16.3. The number of allylic oxidation sites excluding steroid dienone is 4. The van der Waals surface area contributed by atoms with Crippen LogP contribution >= 0.6 is 0 Å². The van der Waals surface area contributed by atoms with E-state index in [1.807, 2.05) is 39.8 Å². The Morgan fingerprint density at radius 1 is 0.553 bits per heavy atom. The van der Waals surface area contributed by atoms with Crippen molar-refractivity contribution in [1.82, 2.24) is 19.9 Å². The Morgan fingerprint density at radius 3 is 1.15 bits per heavy atom. The van der Waals surface area contributed by atoms with Gasteiger partial charge in [-0.05, 0) is 85.3 Å². The first-order valence-electron chi connectivity index (χ1n) is 16.9. The molecule has 3 aromatic rings. The van der Waals surface area contributed by atoms with Gasteiger partial charge in [-0.1, -0.05) is 89.8 Å². The van der Waals surface area contributed by atoms with Crippen LogP contribution < -0.4 is 9.97 Å². The molecule has 1 unspecified atom stereocenters. The molecule has 0 fully saturated rings. The number of nitrogens with zero attached hydrogens (tertiary/aromatic N) is 4. The molecule has 1 atom stereocenters. The van der Waals surface area contributed by atoms with Crippen LogP contribution in [0.1, 0.15) is 138 Å². The van der Waals surface area contributed by atoms with Gasteiger partial charge in [0.2, 0.25) is 0 Å². The van der Waals surface area contributed by atoms with E-state index in [9.17, 15) is 18.3 Å². The van der Waals surface area contributed by atoms with Crippen molar-refractivity contribution >= 4 is 44.4 Å². The van der Waals surface area contributed by atoms with Crippen LogP contribution in [0.4, 0.5) is 13.2 Å². The van der Waals surface area contributed by atoms with Crippen LogP contribution in [0.15, 0.2) is 18.2 Å². The molecule has 2 aliphatic rings. The second-order valence-electron chi connectivity index (χ2n) is 11.9. The maximum absolute atomic E-state index is 14.6. The molecule has 0 amide bonds. The number of aliphatic hydroxyl groups excluding tert-OH is 1. The van der Waals surface area contributed by atoms with Gasteiger partial charge in [0, 0.05) is 0 Å². The van der Waals surface area contributed by atoms with Crippen LogP contribution in [0.3, 0.4) is 0 Å². The summed E-state index contributed by atoms with van der Waals surface area (Å²) >= 11 is 0. The van der Waals surface area contributed by atoms with Gasteiger partial charge in [0.25, 0.3) is 0 Å². The number of halogens is 3. The van der Waals surface area contributed by atoms with Gasteiger partial charge in [0.15, 0.2) is 6.10 Å². The summed E-state index contributed by atoms with van der Waals surface area (Å²) in [5, 5.41) is 11.1. The minimum Gasteiger partial charge on any atom is -0.657 e. The van der Waals surface area contributed by atoms with Gasteiger partial charge in [-0.2, -0.15) is 13.2 Å². The van der Waals surface area contributed by atoms with E-state index in [1.54, 1.807) is 0 Å². The first-order chi connectivity index (χ1) is 22.0. The Labute approximate surface area is 286 Å². The zero-order chi connectivity index (χ0) is 33.5. The van der Waals surface area contributed by atoms with E-state index in [0.29, 0.717) is 47.8 Å². The second kappa shape index (κ2) is 14.5. The largest absolute Gasteiger partial charge is 2.00 e. The summed E-state index contributed by atoms with van der Waals surface area (Å²) in [5.41, 5.74) is 12.2. The first-order valence-corrected chi connectivity index (χ1v) is 16.9. The molecule has 254 valence electrons. The number of alkyl halides is 3. The molecule has 0 aromatic carbocycles. The monoisotopic (exact) mass is 688 g/mol. The number of fused-ring (bicyclic) bond motifs is 8. The molecule has 0 radical (unpaired) electrons. The van der Waals surface area contributed by atoms with Crippen molar-refractivity contribution in [3.8, 4) is 0 Å². The Bertz CT molecular complexity index is 1770. The zero-order valence-corrected chi connectivity index (χ0v) is 29.6. The smallest absolute Gasteiger partial charge is 0.657 e. The summed E-state index contributed by atoms with van der Waals surface area (Å²) in [6, 6.07) is 5.96. The topological polar surface area (TPSA) is 74.2 Å². The Balaban J connectivity index is 0.00000500. The van der Waals surface area contributed by atoms with Crippen molar-refractivity contribution in [3.63, 3.8) is 0 Å². The van der Waals surface area contributed by atoms with Crippen LogP contribution in [0, 0.1) is 0 Å². The van der Waals surface area contributed by atoms with Crippen molar-refractivity contribution in [2.75, 3.05) is 0 Å². The van der Waals surface area contributed by atoms with Crippen molar-refractivity contribution in [1.29, 1.82) is 0 Å². The van der Waals surface area contributed by atoms with Gasteiger partial charge < -0.3 is 15.1 Å². The molecule has 47 heavy (non-hydrogen) atoms. The Hall–Kier alpha value is -3.16. The predicted molar refractivity (Wildman–Crippen MR) is 182 cm³/mol. The summed E-state index contributed by atoms with van der Waals surface area (Å²) in [5.74, 6) is 0. The summed E-state index contributed by atoms with van der Waals surface area (Å²) in [7, 11) is 0. The summed E-state index contributed by atoms with van der Waals surface area (Å²) in [4.78, 5) is 20.1. The van der Waals surface area contributed by atoms with Crippen molar-refractivity contribution in [2.45, 2.75) is 119 Å². The molecule has 0 saturated heterocycles. The van der Waals surface area contributed by atoms with Gasteiger partial charge in [-0.15, -0.1) is 22.1 Å². The number of aromatic nitrogens is 4. The SMILES string of the molecule is CCC1=C(CC)c2cc3[n-]c(c(CC)c3CC)c(C(O)C(F)(F)F)c3[n-]c(cc4nc(cc1n2)C(CC)=C4CC)c(CC)c3CC.[Ni+2]. The number of hydrogen-bond donors (Lipinski definition) is 1. The molecular formula is C38H45F3N4NiO. The van der Waals surface area contributed by atoms with Crippen LogP contribution in [-0.2, 0) is 42.2 Å². The zero-order valence-electron chi connectivity index (χ0n) is 28.7.